The van der Waals surface area contributed by atoms with Crippen LogP contribution in [0.5, 0.6) is 11.5 Å². The molecule has 2 heterocycles. The van der Waals surface area contributed by atoms with E-state index < -0.39 is 15.9 Å². The topological polar surface area (TPSA) is 84.9 Å². The molecule has 1 amide bonds. The standard InChI is InChI=1S/C17H15ClN2O5S/c18-13-8-15-16(25-10-24-15)9-14(13)19-17(21)11-3-1-4-12(7-11)20-5-2-6-26(20,22)23/h1,3-4,7-9H,2,5-6,10H2,(H,19,21). The molecule has 0 unspecified atom stereocenters. The smallest absolute Gasteiger partial charge is 0.255 e. The van der Waals surface area contributed by atoms with E-state index in [0.29, 0.717) is 46.4 Å². The number of anilines is 2. The maximum atomic E-state index is 12.6. The van der Waals surface area contributed by atoms with Gasteiger partial charge in [-0.15, -0.1) is 0 Å². The summed E-state index contributed by atoms with van der Waals surface area (Å²) in [4.78, 5) is 12.6. The Hall–Kier alpha value is -2.45. The van der Waals surface area contributed by atoms with E-state index in [1.807, 2.05) is 0 Å². The summed E-state index contributed by atoms with van der Waals surface area (Å²) in [6.07, 6.45) is 0.575. The van der Waals surface area contributed by atoms with Gasteiger partial charge in [-0.3, -0.25) is 9.10 Å². The molecule has 136 valence electrons. The molecule has 0 aliphatic carbocycles. The average molecular weight is 395 g/mol. The van der Waals surface area contributed by atoms with Crippen LogP contribution in [-0.2, 0) is 10.0 Å². The number of hydrogen-bond acceptors (Lipinski definition) is 5. The lowest BCUT2D eigenvalue weighted by Gasteiger charge is -2.17. The first-order chi connectivity index (χ1) is 12.4. The third kappa shape index (κ3) is 3.06. The van der Waals surface area contributed by atoms with E-state index in [2.05, 4.69) is 5.32 Å². The van der Waals surface area contributed by atoms with E-state index in [4.69, 9.17) is 21.1 Å². The van der Waals surface area contributed by atoms with Crippen molar-refractivity contribution in [1.82, 2.24) is 0 Å². The summed E-state index contributed by atoms with van der Waals surface area (Å²) in [5.74, 6) is 0.746. The SMILES string of the molecule is O=C(Nc1cc2c(cc1Cl)OCO2)c1cccc(N2CCCS2(=O)=O)c1. The van der Waals surface area contributed by atoms with Crippen LogP contribution in [0.4, 0.5) is 11.4 Å². The van der Waals surface area contributed by atoms with Crippen molar-refractivity contribution in [3.8, 4) is 11.5 Å². The Balaban J connectivity index is 1.59. The first-order valence-electron chi connectivity index (χ1n) is 7.95. The Morgan fingerprint density at radius 3 is 2.65 bits per heavy atom. The molecule has 1 N–H and O–H groups in total. The molecular weight excluding hydrogens is 380 g/mol. The Kier molecular flexibility index (Phi) is 4.16. The summed E-state index contributed by atoms with van der Waals surface area (Å²) in [6, 6.07) is 9.66. The molecule has 0 saturated carbocycles. The van der Waals surface area contributed by atoms with Gasteiger partial charge < -0.3 is 14.8 Å². The van der Waals surface area contributed by atoms with Crippen LogP contribution in [0.3, 0.4) is 0 Å². The first-order valence-corrected chi connectivity index (χ1v) is 9.94. The predicted octanol–water partition coefficient (Wildman–Crippen LogP) is 2.86. The zero-order valence-electron chi connectivity index (χ0n) is 13.6. The number of benzene rings is 2. The van der Waals surface area contributed by atoms with Crippen molar-refractivity contribution in [1.29, 1.82) is 0 Å². The lowest BCUT2D eigenvalue weighted by Crippen LogP contribution is -2.25. The molecule has 0 atom stereocenters. The van der Waals surface area contributed by atoms with Gasteiger partial charge in [0.2, 0.25) is 16.8 Å². The molecule has 26 heavy (non-hydrogen) atoms. The fourth-order valence-corrected chi connectivity index (χ4v) is 4.70. The van der Waals surface area contributed by atoms with Crippen LogP contribution in [-0.4, -0.2) is 33.4 Å². The van der Waals surface area contributed by atoms with Crippen molar-refractivity contribution in [2.24, 2.45) is 0 Å². The second kappa shape index (κ2) is 6.37. The van der Waals surface area contributed by atoms with Gasteiger partial charge in [0.05, 0.1) is 22.2 Å². The number of hydrogen-bond donors (Lipinski definition) is 1. The number of fused-ring (bicyclic) bond motifs is 1. The highest BCUT2D eigenvalue weighted by Crippen LogP contribution is 2.39. The van der Waals surface area contributed by atoms with Gasteiger partial charge in [-0.25, -0.2) is 8.42 Å². The van der Waals surface area contributed by atoms with Crippen LogP contribution in [0.15, 0.2) is 36.4 Å². The Labute approximate surface area is 155 Å². The highest BCUT2D eigenvalue weighted by Gasteiger charge is 2.28. The maximum Gasteiger partial charge on any atom is 0.255 e. The summed E-state index contributed by atoms with van der Waals surface area (Å²) in [7, 11) is -3.30. The van der Waals surface area contributed by atoms with Crippen molar-refractivity contribution < 1.29 is 22.7 Å². The molecular formula is C17H15ClN2O5S. The average Bonchev–Trinajstić information content (AvgIpc) is 3.20. The van der Waals surface area contributed by atoms with Crippen LogP contribution >= 0.6 is 11.6 Å². The number of ether oxygens (including phenoxy) is 2. The molecule has 2 aliphatic rings. The minimum absolute atomic E-state index is 0.107. The van der Waals surface area contributed by atoms with Gasteiger partial charge in [-0.1, -0.05) is 17.7 Å². The molecule has 7 nitrogen and oxygen atoms in total. The largest absolute Gasteiger partial charge is 0.454 e. The number of amides is 1. The number of carbonyl (C=O) groups is 1. The molecule has 0 aromatic heterocycles. The van der Waals surface area contributed by atoms with Crippen LogP contribution in [0.25, 0.3) is 0 Å². The number of rotatable bonds is 3. The van der Waals surface area contributed by atoms with Crippen LogP contribution in [0, 0.1) is 0 Å². The normalized spacial score (nSPS) is 17.3. The van der Waals surface area contributed by atoms with E-state index in [-0.39, 0.29) is 12.5 Å². The molecule has 4 rings (SSSR count). The van der Waals surface area contributed by atoms with Crippen LogP contribution in [0.1, 0.15) is 16.8 Å². The molecule has 0 bridgehead atoms. The minimum atomic E-state index is -3.30. The van der Waals surface area contributed by atoms with Gasteiger partial charge in [-0.2, -0.15) is 0 Å². The highest BCUT2D eigenvalue weighted by molar-refractivity contribution is 7.93. The number of nitrogens with zero attached hydrogens (tertiary/aromatic N) is 1. The summed E-state index contributed by atoms with van der Waals surface area (Å²) in [6.45, 7) is 0.525. The summed E-state index contributed by atoms with van der Waals surface area (Å²) >= 11 is 6.17. The van der Waals surface area contributed by atoms with E-state index in [1.165, 1.54) is 4.31 Å². The molecule has 2 aliphatic heterocycles. The van der Waals surface area contributed by atoms with Gasteiger partial charge in [0.25, 0.3) is 5.91 Å². The molecule has 2 aromatic carbocycles. The summed E-state index contributed by atoms with van der Waals surface area (Å²) in [5.41, 5.74) is 1.20. The van der Waals surface area contributed by atoms with Crippen molar-refractivity contribution in [2.45, 2.75) is 6.42 Å². The lowest BCUT2D eigenvalue weighted by molar-refractivity contribution is 0.102. The number of nitrogens with one attached hydrogen (secondary N) is 1. The van der Waals surface area contributed by atoms with Crippen molar-refractivity contribution in [2.75, 3.05) is 28.7 Å². The van der Waals surface area contributed by atoms with E-state index >= 15 is 0 Å². The number of carbonyl (C=O) groups excluding carboxylic acids is 1. The van der Waals surface area contributed by atoms with Gasteiger partial charge >= 0.3 is 0 Å². The molecule has 9 heteroatoms. The van der Waals surface area contributed by atoms with Gasteiger partial charge in [0.1, 0.15) is 0 Å². The zero-order chi connectivity index (χ0) is 18.3. The Bertz CT molecular complexity index is 993. The van der Waals surface area contributed by atoms with Crippen molar-refractivity contribution in [3.05, 3.63) is 47.0 Å². The second-order valence-electron chi connectivity index (χ2n) is 5.93. The predicted molar refractivity (Wildman–Crippen MR) is 97.7 cm³/mol. The molecule has 2 aromatic rings. The van der Waals surface area contributed by atoms with E-state index in [0.717, 1.165) is 0 Å². The maximum absolute atomic E-state index is 12.6. The van der Waals surface area contributed by atoms with E-state index in [1.54, 1.807) is 36.4 Å². The minimum Gasteiger partial charge on any atom is -0.454 e. The fraction of sp³-hybridized carbons (Fsp3) is 0.235. The quantitative estimate of drug-likeness (QED) is 0.865. The van der Waals surface area contributed by atoms with E-state index in [9.17, 15) is 13.2 Å². The molecule has 1 fully saturated rings. The number of halogens is 1. The molecule has 0 spiro atoms. The number of sulfonamides is 1. The fourth-order valence-electron chi connectivity index (χ4n) is 2.94. The highest BCUT2D eigenvalue weighted by atomic mass is 35.5. The monoisotopic (exact) mass is 394 g/mol. The van der Waals surface area contributed by atoms with Gasteiger partial charge in [0.15, 0.2) is 11.5 Å². The van der Waals surface area contributed by atoms with Gasteiger partial charge in [0, 0.05) is 24.2 Å². The zero-order valence-corrected chi connectivity index (χ0v) is 15.1. The summed E-state index contributed by atoms with van der Waals surface area (Å²) in [5, 5.41) is 3.04. The van der Waals surface area contributed by atoms with Crippen molar-refractivity contribution >= 4 is 38.9 Å². The summed E-state index contributed by atoms with van der Waals surface area (Å²) < 4.78 is 36.0. The first kappa shape index (κ1) is 17.0. The Morgan fingerprint density at radius 2 is 1.92 bits per heavy atom. The van der Waals surface area contributed by atoms with Crippen LogP contribution in [0.2, 0.25) is 5.02 Å². The lowest BCUT2D eigenvalue weighted by atomic mass is 10.1. The molecule has 1 saturated heterocycles. The third-order valence-corrected chi connectivity index (χ3v) is 6.39. The second-order valence-corrected chi connectivity index (χ2v) is 8.35. The molecule has 0 radical (unpaired) electrons. The van der Waals surface area contributed by atoms with Crippen LogP contribution < -0.4 is 19.1 Å². The van der Waals surface area contributed by atoms with Crippen molar-refractivity contribution in [3.63, 3.8) is 0 Å². The Morgan fingerprint density at radius 1 is 1.15 bits per heavy atom. The third-order valence-electron chi connectivity index (χ3n) is 4.21. The van der Waals surface area contributed by atoms with Gasteiger partial charge in [-0.05, 0) is 24.6 Å².